The van der Waals surface area contributed by atoms with E-state index in [0.717, 1.165) is 11.1 Å². The number of alkyl halides is 3. The molecule has 1 aromatic rings. The number of ether oxygens (including phenoxy) is 1. The SMILES string of the molecule is C=C(C)CNC(N)=NCc1ccc(C)cc1OCC(F)(F)F. The van der Waals surface area contributed by atoms with E-state index in [1.54, 1.807) is 25.1 Å². The van der Waals surface area contributed by atoms with Crippen LogP contribution in [-0.4, -0.2) is 25.3 Å². The van der Waals surface area contributed by atoms with Crippen molar-refractivity contribution in [3.05, 3.63) is 41.5 Å². The van der Waals surface area contributed by atoms with E-state index in [0.29, 0.717) is 12.1 Å². The Morgan fingerprint density at radius 2 is 2.09 bits per heavy atom. The highest BCUT2D eigenvalue weighted by molar-refractivity contribution is 5.78. The summed E-state index contributed by atoms with van der Waals surface area (Å²) < 4.78 is 41.7. The van der Waals surface area contributed by atoms with Gasteiger partial charge in [0.05, 0.1) is 6.54 Å². The quantitative estimate of drug-likeness (QED) is 0.482. The van der Waals surface area contributed by atoms with Crippen LogP contribution in [0.15, 0.2) is 35.3 Å². The average molecular weight is 315 g/mol. The van der Waals surface area contributed by atoms with Gasteiger partial charge in [-0.15, -0.1) is 0 Å². The van der Waals surface area contributed by atoms with Gasteiger partial charge in [-0.25, -0.2) is 4.99 Å². The molecular weight excluding hydrogens is 295 g/mol. The van der Waals surface area contributed by atoms with Gasteiger partial charge in [-0.2, -0.15) is 13.2 Å². The number of aliphatic imine (C=N–C) groups is 1. The van der Waals surface area contributed by atoms with Gasteiger partial charge in [0.2, 0.25) is 0 Å². The summed E-state index contributed by atoms with van der Waals surface area (Å²) in [6, 6.07) is 5.01. The highest BCUT2D eigenvalue weighted by Crippen LogP contribution is 2.24. The lowest BCUT2D eigenvalue weighted by molar-refractivity contribution is -0.153. The maximum atomic E-state index is 12.3. The molecule has 0 saturated heterocycles. The van der Waals surface area contributed by atoms with Crippen LogP contribution in [0.1, 0.15) is 18.1 Å². The van der Waals surface area contributed by atoms with Crippen molar-refractivity contribution in [1.29, 1.82) is 0 Å². The van der Waals surface area contributed by atoms with Crippen molar-refractivity contribution in [2.45, 2.75) is 26.6 Å². The fraction of sp³-hybridized carbons (Fsp3) is 0.400. The van der Waals surface area contributed by atoms with Crippen LogP contribution in [0.5, 0.6) is 5.75 Å². The van der Waals surface area contributed by atoms with Gasteiger partial charge in [0.25, 0.3) is 0 Å². The lowest BCUT2D eigenvalue weighted by Crippen LogP contribution is -2.32. The van der Waals surface area contributed by atoms with Crippen molar-refractivity contribution in [1.82, 2.24) is 5.32 Å². The molecule has 0 saturated carbocycles. The summed E-state index contributed by atoms with van der Waals surface area (Å²) in [5, 5.41) is 2.85. The van der Waals surface area contributed by atoms with Gasteiger partial charge in [-0.3, -0.25) is 0 Å². The molecule has 0 aromatic heterocycles. The van der Waals surface area contributed by atoms with E-state index < -0.39 is 12.8 Å². The first-order valence-electron chi connectivity index (χ1n) is 6.64. The Kier molecular flexibility index (Phi) is 6.27. The molecule has 4 nitrogen and oxygen atoms in total. The van der Waals surface area contributed by atoms with E-state index >= 15 is 0 Å². The number of halogens is 3. The number of benzene rings is 1. The summed E-state index contributed by atoms with van der Waals surface area (Å²) in [4.78, 5) is 4.08. The van der Waals surface area contributed by atoms with Crippen LogP contribution in [0.4, 0.5) is 13.2 Å². The van der Waals surface area contributed by atoms with E-state index in [-0.39, 0.29) is 18.3 Å². The standard InChI is InChI=1S/C15H20F3N3O/c1-10(2)7-20-14(19)21-8-12-5-4-11(3)6-13(12)22-9-15(16,17)18/h4-6H,1,7-9H2,2-3H3,(H3,19,20,21). The molecule has 0 amide bonds. The number of nitrogens with two attached hydrogens (primary N) is 1. The number of rotatable bonds is 6. The minimum absolute atomic E-state index is 0.127. The zero-order chi connectivity index (χ0) is 16.8. The molecule has 122 valence electrons. The van der Waals surface area contributed by atoms with Gasteiger partial charge in [0, 0.05) is 12.1 Å². The second-order valence-corrected chi connectivity index (χ2v) is 5.03. The number of nitrogens with one attached hydrogen (secondary N) is 1. The van der Waals surface area contributed by atoms with E-state index in [1.165, 1.54) is 0 Å². The summed E-state index contributed by atoms with van der Waals surface area (Å²) in [7, 11) is 0. The molecule has 3 N–H and O–H groups in total. The molecule has 0 spiro atoms. The minimum atomic E-state index is -4.38. The third-order valence-electron chi connectivity index (χ3n) is 2.61. The molecule has 1 aromatic carbocycles. The monoisotopic (exact) mass is 315 g/mol. The van der Waals surface area contributed by atoms with Gasteiger partial charge in [-0.1, -0.05) is 24.3 Å². The van der Waals surface area contributed by atoms with E-state index in [4.69, 9.17) is 10.5 Å². The number of guanidine groups is 1. The van der Waals surface area contributed by atoms with Crippen molar-refractivity contribution >= 4 is 5.96 Å². The first-order chi connectivity index (χ1) is 10.2. The fourth-order valence-electron chi connectivity index (χ4n) is 1.55. The Balaban J connectivity index is 2.77. The zero-order valence-electron chi connectivity index (χ0n) is 12.6. The number of hydrogen-bond donors (Lipinski definition) is 2. The lowest BCUT2D eigenvalue weighted by Gasteiger charge is -2.13. The number of hydrogen-bond acceptors (Lipinski definition) is 2. The normalized spacial score (nSPS) is 12.1. The summed E-state index contributed by atoms with van der Waals surface area (Å²) in [5.74, 6) is 0.360. The van der Waals surface area contributed by atoms with Crippen LogP contribution in [0, 0.1) is 6.92 Å². The molecule has 0 aliphatic heterocycles. The number of aryl methyl sites for hydroxylation is 1. The van der Waals surface area contributed by atoms with Crippen molar-refractivity contribution < 1.29 is 17.9 Å². The zero-order valence-corrected chi connectivity index (χ0v) is 12.6. The van der Waals surface area contributed by atoms with Crippen LogP contribution in [-0.2, 0) is 6.54 Å². The highest BCUT2D eigenvalue weighted by atomic mass is 19.4. The molecule has 22 heavy (non-hydrogen) atoms. The molecule has 0 heterocycles. The third kappa shape index (κ3) is 7.01. The summed E-state index contributed by atoms with van der Waals surface area (Å²) in [6.45, 7) is 6.61. The molecule has 1 rings (SSSR count). The topological polar surface area (TPSA) is 59.6 Å². The lowest BCUT2D eigenvalue weighted by atomic mass is 10.1. The van der Waals surface area contributed by atoms with Crippen molar-refractivity contribution in [3.63, 3.8) is 0 Å². The summed E-state index contributed by atoms with van der Waals surface area (Å²) in [5.41, 5.74) is 7.90. The average Bonchev–Trinajstić information content (AvgIpc) is 2.41. The maximum Gasteiger partial charge on any atom is 0.422 e. The third-order valence-corrected chi connectivity index (χ3v) is 2.61. The Hall–Kier alpha value is -2.18. The Morgan fingerprint density at radius 1 is 1.41 bits per heavy atom. The van der Waals surface area contributed by atoms with Crippen LogP contribution >= 0.6 is 0 Å². The second kappa shape index (κ2) is 7.72. The number of nitrogens with zero attached hydrogens (tertiary/aromatic N) is 1. The summed E-state index contributed by atoms with van der Waals surface area (Å²) >= 11 is 0. The molecule has 0 atom stereocenters. The van der Waals surface area contributed by atoms with Crippen LogP contribution in [0.25, 0.3) is 0 Å². The van der Waals surface area contributed by atoms with Crippen molar-refractivity contribution in [3.8, 4) is 5.75 Å². The second-order valence-electron chi connectivity index (χ2n) is 5.03. The van der Waals surface area contributed by atoms with Gasteiger partial charge in [0.15, 0.2) is 12.6 Å². The fourth-order valence-corrected chi connectivity index (χ4v) is 1.55. The van der Waals surface area contributed by atoms with Crippen LogP contribution in [0.2, 0.25) is 0 Å². The summed E-state index contributed by atoms with van der Waals surface area (Å²) in [6.07, 6.45) is -4.38. The molecule has 0 fully saturated rings. The molecule has 0 aliphatic carbocycles. The van der Waals surface area contributed by atoms with Gasteiger partial charge in [0.1, 0.15) is 5.75 Å². The molecule has 7 heteroatoms. The molecule has 0 radical (unpaired) electrons. The van der Waals surface area contributed by atoms with E-state index in [2.05, 4.69) is 16.9 Å². The Labute approximate surface area is 127 Å². The largest absolute Gasteiger partial charge is 0.484 e. The molecule has 0 aliphatic rings. The van der Waals surface area contributed by atoms with Gasteiger partial charge >= 0.3 is 6.18 Å². The van der Waals surface area contributed by atoms with Gasteiger partial charge < -0.3 is 15.8 Å². The molecule has 0 unspecified atom stereocenters. The minimum Gasteiger partial charge on any atom is -0.484 e. The van der Waals surface area contributed by atoms with Crippen molar-refractivity contribution in [2.75, 3.05) is 13.2 Å². The van der Waals surface area contributed by atoms with Crippen LogP contribution in [0.3, 0.4) is 0 Å². The highest BCUT2D eigenvalue weighted by Gasteiger charge is 2.28. The van der Waals surface area contributed by atoms with Crippen LogP contribution < -0.4 is 15.8 Å². The maximum absolute atomic E-state index is 12.3. The van der Waals surface area contributed by atoms with E-state index in [1.807, 2.05) is 6.92 Å². The first kappa shape index (κ1) is 17.9. The molecular formula is C15H20F3N3O. The smallest absolute Gasteiger partial charge is 0.422 e. The predicted octanol–water partition coefficient (Wildman–Crippen LogP) is 2.92. The Morgan fingerprint density at radius 3 is 2.68 bits per heavy atom. The predicted molar refractivity (Wildman–Crippen MR) is 80.9 cm³/mol. The van der Waals surface area contributed by atoms with E-state index in [9.17, 15) is 13.2 Å². The van der Waals surface area contributed by atoms with Gasteiger partial charge in [-0.05, 0) is 25.5 Å². The first-order valence-corrected chi connectivity index (χ1v) is 6.64. The molecule has 0 bridgehead atoms. The van der Waals surface area contributed by atoms with Crippen molar-refractivity contribution in [2.24, 2.45) is 10.7 Å². The Bertz CT molecular complexity index is 553.